The van der Waals surface area contributed by atoms with Gasteiger partial charge in [0, 0.05) is 26.2 Å². The molecule has 0 spiro atoms. The van der Waals surface area contributed by atoms with Gasteiger partial charge in [0.1, 0.15) is 11.2 Å². The molecule has 142 valence electrons. The molecular formula is C17H20F2N2O5. The number of hydrogen-bond donors (Lipinski definition) is 1. The summed E-state index contributed by atoms with van der Waals surface area (Å²) in [6, 6.07) is 0. The number of aromatic nitrogens is 2. The van der Waals surface area contributed by atoms with Gasteiger partial charge in [0.05, 0.1) is 11.6 Å². The van der Waals surface area contributed by atoms with E-state index in [4.69, 9.17) is 14.6 Å². The highest BCUT2D eigenvalue weighted by molar-refractivity contribution is 5.87. The molecule has 3 saturated carbocycles. The van der Waals surface area contributed by atoms with Crippen molar-refractivity contribution in [1.82, 2.24) is 9.97 Å². The Hall–Kier alpha value is -2.32. The van der Waals surface area contributed by atoms with Gasteiger partial charge in [0.2, 0.25) is 5.88 Å². The van der Waals surface area contributed by atoms with E-state index in [1.807, 2.05) is 0 Å². The van der Waals surface area contributed by atoms with Gasteiger partial charge in [0.15, 0.2) is 11.4 Å². The minimum Gasteiger partial charge on any atom is -0.481 e. The highest BCUT2D eigenvalue weighted by atomic mass is 19.3. The normalized spacial score (nSPS) is 27.2. The Morgan fingerprint density at radius 3 is 2.23 bits per heavy atom. The molecule has 0 aromatic carbocycles. The SMILES string of the molecule is CC(C)(C)OC(=O)c1cnc(C(C)(F)F)c(OC23CC(C(=O)O)(C2)C3)n1. The maximum Gasteiger partial charge on any atom is 0.359 e. The molecule has 3 aliphatic carbocycles. The van der Waals surface area contributed by atoms with E-state index >= 15 is 0 Å². The summed E-state index contributed by atoms with van der Waals surface area (Å²) < 4.78 is 38.5. The molecule has 3 fully saturated rings. The molecule has 1 N–H and O–H groups in total. The van der Waals surface area contributed by atoms with Crippen LogP contribution in [-0.4, -0.2) is 38.2 Å². The lowest BCUT2D eigenvalue weighted by atomic mass is 9.41. The first kappa shape index (κ1) is 18.5. The highest BCUT2D eigenvalue weighted by Gasteiger charge is 2.74. The summed E-state index contributed by atoms with van der Waals surface area (Å²) in [5.41, 5.74) is -3.39. The number of halogens is 2. The highest BCUT2D eigenvalue weighted by Crippen LogP contribution is 2.69. The number of rotatable bonds is 5. The maximum absolute atomic E-state index is 13.8. The van der Waals surface area contributed by atoms with Gasteiger partial charge in [-0.3, -0.25) is 4.79 Å². The van der Waals surface area contributed by atoms with Crippen LogP contribution in [0.25, 0.3) is 0 Å². The van der Waals surface area contributed by atoms with Crippen molar-refractivity contribution in [3.63, 3.8) is 0 Å². The van der Waals surface area contributed by atoms with Crippen LogP contribution in [0.4, 0.5) is 8.78 Å². The van der Waals surface area contributed by atoms with Crippen LogP contribution in [0.3, 0.4) is 0 Å². The maximum atomic E-state index is 13.8. The first-order valence-corrected chi connectivity index (χ1v) is 8.17. The predicted molar refractivity (Wildman–Crippen MR) is 84.0 cm³/mol. The summed E-state index contributed by atoms with van der Waals surface area (Å²) in [5.74, 6) is -5.51. The number of carboxylic acids is 1. The predicted octanol–water partition coefficient (Wildman–Crippen LogP) is 2.93. The van der Waals surface area contributed by atoms with Crippen molar-refractivity contribution in [3.8, 4) is 5.88 Å². The second-order valence-corrected chi connectivity index (χ2v) is 8.20. The van der Waals surface area contributed by atoms with Crippen molar-refractivity contribution < 1.29 is 33.0 Å². The quantitative estimate of drug-likeness (QED) is 0.796. The summed E-state index contributed by atoms with van der Waals surface area (Å²) in [4.78, 5) is 30.9. The van der Waals surface area contributed by atoms with Crippen LogP contribution < -0.4 is 4.74 Å². The van der Waals surface area contributed by atoms with Crippen molar-refractivity contribution in [2.45, 2.75) is 64.1 Å². The third kappa shape index (κ3) is 3.10. The molecule has 0 atom stereocenters. The fourth-order valence-electron chi connectivity index (χ4n) is 3.41. The third-order valence-electron chi connectivity index (χ3n) is 4.51. The molecule has 1 aromatic rings. The van der Waals surface area contributed by atoms with Crippen molar-refractivity contribution in [3.05, 3.63) is 17.6 Å². The Bertz CT molecular complexity index is 763. The Morgan fingerprint density at radius 1 is 1.19 bits per heavy atom. The Balaban J connectivity index is 1.86. The molecule has 0 saturated heterocycles. The monoisotopic (exact) mass is 370 g/mol. The Kier molecular flexibility index (Phi) is 3.79. The van der Waals surface area contributed by atoms with Crippen LogP contribution in [-0.2, 0) is 15.5 Å². The van der Waals surface area contributed by atoms with Crippen LogP contribution in [0.1, 0.15) is 63.1 Å². The lowest BCUT2D eigenvalue weighted by molar-refractivity contribution is -0.249. The van der Waals surface area contributed by atoms with Crippen molar-refractivity contribution in [2.24, 2.45) is 5.41 Å². The summed E-state index contributed by atoms with van der Waals surface area (Å²) in [5, 5.41) is 9.16. The van der Waals surface area contributed by atoms with E-state index in [-0.39, 0.29) is 25.0 Å². The number of carbonyl (C=O) groups is 2. The minimum absolute atomic E-state index is 0.225. The first-order valence-electron chi connectivity index (χ1n) is 8.17. The minimum atomic E-state index is -3.33. The number of hydrogen-bond acceptors (Lipinski definition) is 6. The lowest BCUT2D eigenvalue weighted by Crippen LogP contribution is -2.73. The second-order valence-electron chi connectivity index (χ2n) is 8.20. The van der Waals surface area contributed by atoms with E-state index < -0.39 is 46.1 Å². The van der Waals surface area contributed by atoms with Gasteiger partial charge in [0.25, 0.3) is 5.92 Å². The molecule has 26 heavy (non-hydrogen) atoms. The summed E-state index contributed by atoms with van der Waals surface area (Å²) in [6.45, 7) is 5.64. The number of esters is 1. The van der Waals surface area contributed by atoms with E-state index in [0.29, 0.717) is 6.92 Å². The second kappa shape index (κ2) is 5.34. The van der Waals surface area contributed by atoms with Crippen molar-refractivity contribution in [2.75, 3.05) is 0 Å². The Morgan fingerprint density at radius 2 is 1.77 bits per heavy atom. The molecule has 4 rings (SSSR count). The smallest absolute Gasteiger partial charge is 0.359 e. The van der Waals surface area contributed by atoms with Gasteiger partial charge >= 0.3 is 11.9 Å². The number of aliphatic carboxylic acids is 1. The lowest BCUT2D eigenvalue weighted by Gasteiger charge is -2.66. The molecule has 0 unspecified atom stereocenters. The van der Waals surface area contributed by atoms with Gasteiger partial charge in [-0.2, -0.15) is 8.78 Å². The molecule has 1 heterocycles. The first-order chi connectivity index (χ1) is 11.8. The van der Waals surface area contributed by atoms with E-state index in [2.05, 4.69) is 9.97 Å². The molecular weight excluding hydrogens is 350 g/mol. The van der Waals surface area contributed by atoms with E-state index in [1.54, 1.807) is 20.8 Å². The van der Waals surface area contributed by atoms with Crippen LogP contribution >= 0.6 is 0 Å². The number of carbonyl (C=O) groups excluding carboxylic acids is 1. The van der Waals surface area contributed by atoms with Gasteiger partial charge < -0.3 is 14.6 Å². The number of alkyl halides is 2. The molecule has 7 nitrogen and oxygen atoms in total. The van der Waals surface area contributed by atoms with Crippen LogP contribution in [0.2, 0.25) is 0 Å². The molecule has 3 aliphatic rings. The van der Waals surface area contributed by atoms with E-state index in [1.165, 1.54) is 0 Å². The number of ether oxygens (including phenoxy) is 2. The third-order valence-corrected chi connectivity index (χ3v) is 4.51. The zero-order valence-corrected chi connectivity index (χ0v) is 14.9. The fraction of sp³-hybridized carbons (Fsp3) is 0.647. The number of nitrogens with zero attached hydrogens (tertiary/aromatic N) is 2. The molecule has 0 radical (unpaired) electrons. The zero-order chi connectivity index (χ0) is 19.5. The zero-order valence-electron chi connectivity index (χ0n) is 14.9. The van der Waals surface area contributed by atoms with Crippen LogP contribution in [0.15, 0.2) is 6.20 Å². The van der Waals surface area contributed by atoms with Gasteiger partial charge in [-0.25, -0.2) is 14.8 Å². The van der Waals surface area contributed by atoms with Gasteiger partial charge in [-0.05, 0) is 20.8 Å². The summed E-state index contributed by atoms with van der Waals surface area (Å²) in [6.07, 6.45) is 1.60. The van der Waals surface area contributed by atoms with Crippen molar-refractivity contribution in [1.29, 1.82) is 0 Å². The van der Waals surface area contributed by atoms with Crippen molar-refractivity contribution >= 4 is 11.9 Å². The summed E-state index contributed by atoms with van der Waals surface area (Å²) >= 11 is 0. The molecule has 1 aromatic heterocycles. The van der Waals surface area contributed by atoms with Gasteiger partial charge in [-0.1, -0.05) is 0 Å². The van der Waals surface area contributed by atoms with Gasteiger partial charge in [-0.15, -0.1) is 0 Å². The molecule has 0 aliphatic heterocycles. The molecule has 9 heteroatoms. The average Bonchev–Trinajstić information content (AvgIpc) is 2.37. The summed E-state index contributed by atoms with van der Waals surface area (Å²) in [7, 11) is 0. The molecule has 2 bridgehead atoms. The largest absolute Gasteiger partial charge is 0.481 e. The number of carboxylic acid groups (broad SMARTS) is 1. The van der Waals surface area contributed by atoms with Crippen LogP contribution in [0, 0.1) is 5.41 Å². The average molecular weight is 370 g/mol. The molecule has 0 amide bonds. The topological polar surface area (TPSA) is 98.6 Å². The van der Waals surface area contributed by atoms with E-state index in [9.17, 15) is 18.4 Å². The van der Waals surface area contributed by atoms with E-state index in [0.717, 1.165) is 6.20 Å². The Labute approximate surface area is 148 Å². The van der Waals surface area contributed by atoms with Crippen LogP contribution in [0.5, 0.6) is 5.88 Å². The standard InChI is InChI=1S/C17H20F2N2O5/c1-14(2,3)26-12(22)9-5-20-10(15(4,18)19)11(21-9)25-17-6-16(7-17,8-17)13(23)24/h5H,6-8H2,1-4H3,(H,23,24). The fourth-order valence-corrected chi connectivity index (χ4v) is 3.41.